The van der Waals surface area contributed by atoms with Gasteiger partial charge in [-0.15, -0.1) is 0 Å². The van der Waals surface area contributed by atoms with Gasteiger partial charge in [0.25, 0.3) is 5.91 Å². The molecule has 1 saturated heterocycles. The third kappa shape index (κ3) is 10.4. The average Bonchev–Trinajstić information content (AvgIpc) is 3.05. The molecule has 4 amide bonds. The number of carbonyl (C=O) groups is 3. The number of halogens is 5. The van der Waals surface area contributed by atoms with Crippen LogP contribution in [0.5, 0.6) is 0 Å². The molecular formula is C27H39F5N4O6S2. The van der Waals surface area contributed by atoms with Crippen LogP contribution in [0.1, 0.15) is 77.2 Å². The highest BCUT2D eigenvalue weighted by atomic mass is 32.2. The van der Waals surface area contributed by atoms with Crippen LogP contribution in [0.3, 0.4) is 0 Å². The molecule has 1 fully saturated rings. The summed E-state index contributed by atoms with van der Waals surface area (Å²) in [6.07, 6.45) is -2.29. The molecule has 0 radical (unpaired) electrons. The van der Waals surface area contributed by atoms with Crippen LogP contribution >= 0.6 is 11.8 Å². The number of unbranched alkanes of at least 4 members (excludes halogenated alkanes) is 6. The second-order valence-electron chi connectivity index (χ2n) is 11.0. The van der Waals surface area contributed by atoms with Gasteiger partial charge in [-0.05, 0) is 75.3 Å². The van der Waals surface area contributed by atoms with Gasteiger partial charge in [0.05, 0.1) is 11.4 Å². The van der Waals surface area contributed by atoms with E-state index >= 15 is 0 Å². The highest BCUT2D eigenvalue weighted by Gasteiger charge is 2.56. The van der Waals surface area contributed by atoms with Gasteiger partial charge in [-0.2, -0.15) is 42.1 Å². The van der Waals surface area contributed by atoms with Gasteiger partial charge >= 0.3 is 34.5 Å². The first-order valence-corrected chi connectivity index (χ1v) is 16.7. The summed E-state index contributed by atoms with van der Waals surface area (Å²) >= 11 is 1.38. The lowest BCUT2D eigenvalue weighted by molar-refractivity contribution is -0.284. The number of imide groups is 1. The molecule has 0 unspecified atom stereocenters. The Morgan fingerprint density at radius 2 is 1.55 bits per heavy atom. The van der Waals surface area contributed by atoms with E-state index < -0.39 is 52.4 Å². The van der Waals surface area contributed by atoms with Crippen molar-refractivity contribution >= 4 is 51.5 Å². The summed E-state index contributed by atoms with van der Waals surface area (Å²) in [5, 5.41) is 0. The number of primary amides is 1. The zero-order valence-corrected chi connectivity index (χ0v) is 26.5. The number of anilines is 2. The van der Waals surface area contributed by atoms with Gasteiger partial charge in [0.1, 0.15) is 5.54 Å². The second kappa shape index (κ2) is 15.5. The van der Waals surface area contributed by atoms with Crippen LogP contribution in [-0.2, 0) is 19.3 Å². The zero-order chi connectivity index (χ0) is 33.3. The predicted molar refractivity (Wildman–Crippen MR) is 158 cm³/mol. The van der Waals surface area contributed by atoms with E-state index in [4.69, 9.17) is 5.73 Å². The molecule has 0 saturated carbocycles. The number of aryl methyl sites for hydroxylation is 1. The van der Waals surface area contributed by atoms with E-state index in [-0.39, 0.29) is 23.5 Å². The fourth-order valence-corrected chi connectivity index (χ4v) is 6.32. The number of nitrogens with one attached hydrogen (secondary N) is 1. The van der Waals surface area contributed by atoms with Crippen LogP contribution in [-0.4, -0.2) is 67.0 Å². The molecule has 44 heavy (non-hydrogen) atoms. The fraction of sp³-hybridized carbons (Fsp3) is 0.667. The summed E-state index contributed by atoms with van der Waals surface area (Å²) in [6.45, 7) is 5.22. The van der Waals surface area contributed by atoms with Crippen molar-refractivity contribution in [1.29, 1.82) is 0 Å². The summed E-state index contributed by atoms with van der Waals surface area (Å²) in [5.74, 6) is -4.10. The topological polar surface area (TPSA) is 139 Å². The number of urea groups is 1. The number of hydrogen-bond acceptors (Lipinski definition) is 7. The van der Waals surface area contributed by atoms with Crippen LogP contribution in [0.4, 0.5) is 42.9 Å². The maximum absolute atomic E-state index is 13.3. The predicted octanol–water partition coefficient (Wildman–Crippen LogP) is 6.74. The minimum atomic E-state index is -5.50. The molecule has 17 heteroatoms. The molecule has 1 aromatic rings. The zero-order valence-electron chi connectivity index (χ0n) is 24.8. The van der Waals surface area contributed by atoms with Crippen LogP contribution < -0.4 is 15.4 Å². The summed E-state index contributed by atoms with van der Waals surface area (Å²) in [6, 6.07) is 3.70. The van der Waals surface area contributed by atoms with Crippen LogP contribution in [0.25, 0.3) is 0 Å². The minimum Gasteiger partial charge on any atom is -0.334 e. The van der Waals surface area contributed by atoms with Crippen molar-refractivity contribution in [2.45, 2.75) is 96.2 Å². The quantitative estimate of drug-likeness (QED) is 0.1000. The number of nitrogens with two attached hydrogens (primary N) is 1. The smallest absolute Gasteiger partial charge is 0.334 e. The van der Waals surface area contributed by atoms with E-state index in [0.29, 0.717) is 24.3 Å². The molecule has 1 aliphatic rings. The fourth-order valence-electron chi connectivity index (χ4n) is 4.60. The number of carbonyl (C=O) groups excluding carboxylic acids is 3. The Morgan fingerprint density at radius 1 is 0.977 bits per heavy atom. The van der Waals surface area contributed by atoms with Crippen molar-refractivity contribution in [3.8, 4) is 0 Å². The summed E-state index contributed by atoms with van der Waals surface area (Å²) in [5.41, 5.74) is 4.34. The Labute approximate surface area is 258 Å². The number of hydrogen-bond donors (Lipinski definition) is 2. The van der Waals surface area contributed by atoms with Crippen molar-refractivity contribution < 1.29 is 48.9 Å². The number of rotatable bonds is 18. The minimum absolute atomic E-state index is 0.0659. The first-order chi connectivity index (χ1) is 20.3. The van der Waals surface area contributed by atoms with Crippen molar-refractivity contribution in [2.24, 2.45) is 5.73 Å². The monoisotopic (exact) mass is 674 g/mol. The van der Waals surface area contributed by atoms with E-state index in [1.165, 1.54) is 34.9 Å². The molecule has 1 heterocycles. The summed E-state index contributed by atoms with van der Waals surface area (Å²) in [4.78, 5) is 39.8. The highest BCUT2D eigenvalue weighted by Crippen LogP contribution is 2.39. The molecule has 0 aromatic heterocycles. The van der Waals surface area contributed by atoms with Gasteiger partial charge in [-0.25, -0.2) is 14.5 Å². The maximum Gasteiger partial charge on any atom is 0.453 e. The van der Waals surface area contributed by atoms with Gasteiger partial charge in [0, 0.05) is 13.0 Å². The lowest BCUT2D eigenvalue weighted by Crippen LogP contribution is -2.44. The number of benzene rings is 1. The van der Waals surface area contributed by atoms with E-state index in [1.807, 2.05) is 0 Å². The van der Waals surface area contributed by atoms with Crippen LogP contribution in [0.15, 0.2) is 18.2 Å². The molecule has 0 bridgehead atoms. The molecule has 0 aliphatic carbocycles. The molecular weight excluding hydrogens is 635 g/mol. The Balaban J connectivity index is 1.73. The first kappa shape index (κ1) is 37.4. The summed E-state index contributed by atoms with van der Waals surface area (Å²) < 4.78 is 92.0. The number of amides is 4. The summed E-state index contributed by atoms with van der Waals surface area (Å²) in [7, 11) is -4.50. The Bertz CT molecular complexity index is 1280. The van der Waals surface area contributed by atoms with E-state index in [2.05, 4.69) is 8.91 Å². The Morgan fingerprint density at radius 3 is 2.11 bits per heavy atom. The third-order valence-electron chi connectivity index (χ3n) is 7.08. The third-order valence-corrected chi connectivity index (χ3v) is 9.09. The Kier molecular flexibility index (Phi) is 13.1. The Hall–Kier alpha value is -2.82. The van der Waals surface area contributed by atoms with Crippen molar-refractivity contribution in [2.75, 3.05) is 27.7 Å². The molecule has 0 atom stereocenters. The van der Waals surface area contributed by atoms with Crippen LogP contribution in [0.2, 0.25) is 0 Å². The molecule has 1 aliphatic heterocycles. The van der Waals surface area contributed by atoms with E-state index in [1.54, 1.807) is 20.8 Å². The first-order valence-electron chi connectivity index (χ1n) is 14.1. The number of nitrogens with zero attached hydrogens (tertiary/aromatic N) is 2. The standard InChI is InChI=1S/C27H39F5N4O6S2/c1-19-18-20(12-13-21(19)34-44(40,41)42-23(33)38)36-22(37)25(2,3)35(24(36)39)15-9-7-5-4-6-8-10-16-43-17-11-14-26(28,29)27(30,31)32/h12-13,18,34H,4-11,14-17H2,1-3H3,(H2,33,38). The molecule has 3 N–H and O–H groups in total. The maximum atomic E-state index is 13.3. The number of thioether (sulfide) groups is 1. The number of alkyl halides is 5. The van der Waals surface area contributed by atoms with E-state index in [0.717, 1.165) is 43.4 Å². The highest BCUT2D eigenvalue weighted by molar-refractivity contribution is 7.99. The van der Waals surface area contributed by atoms with Crippen molar-refractivity contribution in [3.05, 3.63) is 23.8 Å². The van der Waals surface area contributed by atoms with Gasteiger partial charge < -0.3 is 14.8 Å². The van der Waals surface area contributed by atoms with E-state index in [9.17, 15) is 44.8 Å². The van der Waals surface area contributed by atoms with Gasteiger partial charge in [0.15, 0.2) is 0 Å². The SMILES string of the molecule is Cc1cc(N2C(=O)N(CCCCCCCCCSCCCC(F)(F)C(F)(F)F)C(C)(C)C2=O)ccc1NS(=O)(=O)OC(N)=O. The molecule has 250 valence electrons. The normalized spacial score (nSPS) is 15.6. The second-order valence-corrected chi connectivity index (χ2v) is 13.5. The van der Waals surface area contributed by atoms with Crippen molar-refractivity contribution in [1.82, 2.24) is 4.90 Å². The van der Waals surface area contributed by atoms with Gasteiger partial charge in [-0.1, -0.05) is 32.1 Å². The lowest BCUT2D eigenvalue weighted by atomic mass is 10.0. The lowest BCUT2D eigenvalue weighted by Gasteiger charge is -2.27. The van der Waals surface area contributed by atoms with Crippen molar-refractivity contribution in [3.63, 3.8) is 0 Å². The molecule has 1 aromatic carbocycles. The van der Waals surface area contributed by atoms with Gasteiger partial charge in [0.2, 0.25) is 0 Å². The molecule has 2 rings (SSSR count). The average molecular weight is 675 g/mol. The van der Waals surface area contributed by atoms with Gasteiger partial charge in [-0.3, -0.25) is 9.52 Å². The van der Waals surface area contributed by atoms with Crippen LogP contribution in [0, 0.1) is 6.92 Å². The molecule has 10 nitrogen and oxygen atoms in total. The molecule has 0 spiro atoms. The largest absolute Gasteiger partial charge is 0.453 e.